The normalized spacial score (nSPS) is 13.3. The second-order valence-corrected chi connectivity index (χ2v) is 8.48. The van der Waals surface area contributed by atoms with Crippen molar-refractivity contribution in [3.63, 3.8) is 0 Å². The Morgan fingerprint density at radius 1 is 0.914 bits per heavy atom. The van der Waals surface area contributed by atoms with Gasteiger partial charge >= 0.3 is 0 Å². The molecule has 1 saturated heterocycles. The Kier molecular flexibility index (Phi) is 6.60. The van der Waals surface area contributed by atoms with Crippen LogP contribution in [-0.2, 0) is 6.54 Å². The van der Waals surface area contributed by atoms with Gasteiger partial charge in [0.25, 0.3) is 5.91 Å². The van der Waals surface area contributed by atoms with Crippen LogP contribution >= 0.6 is 0 Å². The quantitative estimate of drug-likeness (QED) is 0.433. The Labute approximate surface area is 205 Å². The molecule has 6 nitrogen and oxygen atoms in total. The molecule has 0 atom stereocenters. The lowest BCUT2D eigenvalue weighted by Gasteiger charge is -2.30. The van der Waals surface area contributed by atoms with Gasteiger partial charge < -0.3 is 19.5 Å². The molecule has 1 amide bonds. The summed E-state index contributed by atoms with van der Waals surface area (Å²) in [6.07, 6.45) is 0. The van der Waals surface area contributed by atoms with Crippen molar-refractivity contribution >= 4 is 17.3 Å². The van der Waals surface area contributed by atoms with Crippen LogP contribution in [0.4, 0.5) is 11.4 Å². The molecule has 1 fully saturated rings. The van der Waals surface area contributed by atoms with E-state index in [1.165, 1.54) is 0 Å². The van der Waals surface area contributed by atoms with Gasteiger partial charge in [-0.2, -0.15) is 5.26 Å². The molecule has 6 heteroatoms. The molecule has 0 bridgehead atoms. The van der Waals surface area contributed by atoms with Gasteiger partial charge in [-0.15, -0.1) is 0 Å². The minimum Gasteiger partial charge on any atom is -0.451 e. The van der Waals surface area contributed by atoms with Crippen LogP contribution < -0.4 is 15.1 Å². The van der Waals surface area contributed by atoms with Crippen LogP contribution in [0.1, 0.15) is 21.7 Å². The van der Waals surface area contributed by atoms with E-state index in [0.29, 0.717) is 17.9 Å². The van der Waals surface area contributed by atoms with Gasteiger partial charge in [0.2, 0.25) is 0 Å². The molecule has 0 saturated carbocycles. The lowest BCUT2D eigenvalue weighted by molar-refractivity contribution is 0.0959. The maximum absolute atomic E-state index is 13.7. The van der Waals surface area contributed by atoms with Crippen LogP contribution in [0.2, 0.25) is 0 Å². The monoisotopic (exact) mass is 462 g/mol. The van der Waals surface area contributed by atoms with Crippen molar-refractivity contribution in [3.8, 4) is 17.4 Å². The van der Waals surface area contributed by atoms with Crippen LogP contribution in [0.3, 0.4) is 0 Å². The van der Waals surface area contributed by atoms with E-state index in [1.807, 2.05) is 54.6 Å². The van der Waals surface area contributed by atoms with E-state index >= 15 is 0 Å². The van der Waals surface area contributed by atoms with Gasteiger partial charge in [0.1, 0.15) is 5.76 Å². The number of carbonyl (C=O) groups excluding carboxylic acids is 1. The molecular weight excluding hydrogens is 436 g/mol. The number of carbonyl (C=O) groups is 1. The highest BCUT2D eigenvalue weighted by atomic mass is 16.4. The summed E-state index contributed by atoms with van der Waals surface area (Å²) < 4.78 is 5.97. The first-order chi connectivity index (χ1) is 17.2. The number of furan rings is 1. The van der Waals surface area contributed by atoms with Gasteiger partial charge in [0.15, 0.2) is 5.76 Å². The smallest absolute Gasteiger partial charge is 0.294 e. The summed E-state index contributed by atoms with van der Waals surface area (Å²) in [4.78, 5) is 17.7. The summed E-state index contributed by atoms with van der Waals surface area (Å²) in [5.74, 6) is 0.654. The number of benzene rings is 3. The molecule has 3 aromatic carbocycles. The number of hydrogen-bond acceptors (Lipinski definition) is 5. The van der Waals surface area contributed by atoms with Gasteiger partial charge in [0.05, 0.1) is 18.2 Å². The third kappa shape index (κ3) is 5.11. The van der Waals surface area contributed by atoms with E-state index in [9.17, 15) is 4.79 Å². The topological polar surface area (TPSA) is 72.5 Å². The summed E-state index contributed by atoms with van der Waals surface area (Å²) in [5.41, 5.74) is 4.40. The molecule has 35 heavy (non-hydrogen) atoms. The van der Waals surface area contributed by atoms with Crippen molar-refractivity contribution < 1.29 is 9.21 Å². The Hall–Kier alpha value is -4.34. The minimum absolute atomic E-state index is 0.205. The molecule has 174 valence electrons. The molecule has 5 rings (SSSR count). The van der Waals surface area contributed by atoms with Crippen molar-refractivity contribution in [3.05, 3.63) is 108 Å². The summed E-state index contributed by atoms with van der Waals surface area (Å²) >= 11 is 0. The highest BCUT2D eigenvalue weighted by Crippen LogP contribution is 2.27. The van der Waals surface area contributed by atoms with Gasteiger partial charge in [-0.1, -0.05) is 30.3 Å². The van der Waals surface area contributed by atoms with Gasteiger partial charge in [0, 0.05) is 43.1 Å². The molecule has 1 aliphatic rings. The lowest BCUT2D eigenvalue weighted by Crippen LogP contribution is -2.43. The lowest BCUT2D eigenvalue weighted by atomic mass is 10.1. The molecule has 1 aromatic heterocycles. The van der Waals surface area contributed by atoms with Crippen LogP contribution in [0.15, 0.2) is 95.4 Å². The summed E-state index contributed by atoms with van der Waals surface area (Å²) in [6.45, 7) is 4.31. The van der Waals surface area contributed by atoms with E-state index in [-0.39, 0.29) is 11.7 Å². The van der Waals surface area contributed by atoms with E-state index < -0.39 is 0 Å². The first kappa shape index (κ1) is 22.5. The minimum atomic E-state index is -0.205. The van der Waals surface area contributed by atoms with E-state index in [1.54, 1.807) is 29.2 Å². The third-order valence-electron chi connectivity index (χ3n) is 6.19. The van der Waals surface area contributed by atoms with Crippen molar-refractivity contribution in [2.75, 3.05) is 36.0 Å². The fraction of sp³-hybridized carbons (Fsp3) is 0.172. The SMILES string of the molecule is N#Cc1ccc(-c2ccc(C(=O)N(Cc3ccccc3)c3ccc(N4CCNCC4)cc3)o2)cc1. The van der Waals surface area contributed by atoms with E-state index in [2.05, 4.69) is 28.4 Å². The Morgan fingerprint density at radius 2 is 1.63 bits per heavy atom. The van der Waals surface area contributed by atoms with E-state index in [0.717, 1.165) is 48.7 Å². The number of anilines is 2. The number of nitriles is 1. The molecule has 4 aromatic rings. The largest absolute Gasteiger partial charge is 0.451 e. The Morgan fingerprint density at radius 3 is 2.31 bits per heavy atom. The van der Waals surface area contributed by atoms with Crippen LogP contribution in [-0.4, -0.2) is 32.1 Å². The molecule has 1 N–H and O–H groups in total. The summed E-state index contributed by atoms with van der Waals surface area (Å²) in [6, 6.07) is 30.8. The molecule has 0 spiro atoms. The summed E-state index contributed by atoms with van der Waals surface area (Å²) in [5, 5.41) is 12.4. The Bertz CT molecular complexity index is 1320. The molecule has 0 unspecified atom stereocenters. The third-order valence-corrected chi connectivity index (χ3v) is 6.19. The highest BCUT2D eigenvalue weighted by Gasteiger charge is 2.22. The number of hydrogen-bond donors (Lipinski definition) is 1. The van der Waals surface area contributed by atoms with Crippen LogP contribution in [0, 0.1) is 11.3 Å². The number of rotatable bonds is 6. The molecule has 1 aliphatic heterocycles. The van der Waals surface area contributed by atoms with Gasteiger partial charge in [-0.05, 0) is 66.2 Å². The summed E-state index contributed by atoms with van der Waals surface area (Å²) in [7, 11) is 0. The number of nitrogens with zero attached hydrogens (tertiary/aromatic N) is 3. The fourth-order valence-electron chi connectivity index (χ4n) is 4.26. The second-order valence-electron chi connectivity index (χ2n) is 8.48. The van der Waals surface area contributed by atoms with Crippen molar-refractivity contribution in [1.29, 1.82) is 5.26 Å². The van der Waals surface area contributed by atoms with Crippen molar-refractivity contribution in [2.45, 2.75) is 6.54 Å². The zero-order valence-corrected chi connectivity index (χ0v) is 19.4. The first-order valence-electron chi connectivity index (χ1n) is 11.7. The van der Waals surface area contributed by atoms with E-state index in [4.69, 9.17) is 9.68 Å². The number of amides is 1. The maximum Gasteiger partial charge on any atom is 0.294 e. The van der Waals surface area contributed by atoms with Gasteiger partial charge in [-0.3, -0.25) is 4.79 Å². The van der Waals surface area contributed by atoms with Crippen LogP contribution in [0.25, 0.3) is 11.3 Å². The van der Waals surface area contributed by atoms with Gasteiger partial charge in [-0.25, -0.2) is 0 Å². The molecule has 0 aliphatic carbocycles. The average molecular weight is 463 g/mol. The zero-order valence-electron chi connectivity index (χ0n) is 19.4. The standard InChI is InChI=1S/C29H26N4O2/c30-20-22-6-8-24(9-7-22)27-14-15-28(35-27)29(34)33(21-23-4-2-1-3-5-23)26-12-10-25(11-13-26)32-18-16-31-17-19-32/h1-15,31H,16-19,21H2. The fourth-order valence-corrected chi connectivity index (χ4v) is 4.26. The first-order valence-corrected chi connectivity index (χ1v) is 11.7. The van der Waals surface area contributed by atoms with Crippen LogP contribution in [0.5, 0.6) is 0 Å². The predicted molar refractivity (Wildman–Crippen MR) is 137 cm³/mol. The Balaban J connectivity index is 1.42. The number of piperazine rings is 1. The predicted octanol–water partition coefficient (Wildman–Crippen LogP) is 5.07. The molecule has 2 heterocycles. The van der Waals surface area contributed by atoms with Crippen molar-refractivity contribution in [2.24, 2.45) is 0 Å². The number of nitrogens with one attached hydrogen (secondary N) is 1. The zero-order chi connectivity index (χ0) is 24.0. The average Bonchev–Trinajstić information content (AvgIpc) is 3.43. The maximum atomic E-state index is 13.7. The second kappa shape index (κ2) is 10.3. The highest BCUT2D eigenvalue weighted by molar-refractivity contribution is 6.04. The molecular formula is C29H26N4O2. The molecule has 0 radical (unpaired) electrons. The van der Waals surface area contributed by atoms with Crippen molar-refractivity contribution in [1.82, 2.24) is 5.32 Å².